The zero-order valence-corrected chi connectivity index (χ0v) is 17.4. The van der Waals surface area contributed by atoms with Crippen molar-refractivity contribution >= 4 is 5.78 Å². The van der Waals surface area contributed by atoms with Crippen molar-refractivity contribution in [2.75, 3.05) is 0 Å². The minimum Gasteiger partial charge on any atom is -0.493 e. The Bertz CT molecular complexity index is 1190. The molecule has 0 spiro atoms. The Balaban J connectivity index is 0.00000363. The van der Waals surface area contributed by atoms with Gasteiger partial charge in [0.1, 0.15) is 16.8 Å². The molecule has 0 bridgehead atoms. The number of rotatable bonds is 3. The van der Waals surface area contributed by atoms with E-state index < -0.39 is 57.9 Å². The Labute approximate surface area is 187 Å². The summed E-state index contributed by atoms with van der Waals surface area (Å²) in [7, 11) is 0. The van der Waals surface area contributed by atoms with Crippen molar-refractivity contribution in [3.05, 3.63) is 75.0 Å². The number of hydrogen-bond acceptors (Lipinski definition) is 3. The van der Waals surface area contributed by atoms with Gasteiger partial charge in [0.25, 0.3) is 0 Å². The largest absolute Gasteiger partial charge is 0.493 e. The molecular weight excluding hydrogens is 497 g/mol. The fourth-order valence-corrected chi connectivity index (χ4v) is 3.29. The maximum atomic E-state index is 14.4. The van der Waals surface area contributed by atoms with Crippen LogP contribution >= 0.6 is 0 Å². The molecular formula is C20H13CuF7N2O2. The van der Waals surface area contributed by atoms with Crippen LogP contribution in [-0.2, 0) is 23.2 Å². The van der Waals surface area contributed by atoms with Crippen molar-refractivity contribution in [3.8, 4) is 11.6 Å². The van der Waals surface area contributed by atoms with Gasteiger partial charge in [0.15, 0.2) is 23.3 Å². The van der Waals surface area contributed by atoms with Gasteiger partial charge in [-0.3, -0.25) is 4.79 Å². The van der Waals surface area contributed by atoms with Gasteiger partial charge in [-0.15, -0.1) is 0 Å². The molecule has 0 unspecified atom stereocenters. The number of benzene rings is 2. The smallest absolute Gasteiger partial charge is 0.422 e. The summed E-state index contributed by atoms with van der Waals surface area (Å²) >= 11 is 0. The number of carbonyl (C=O) groups is 1. The zero-order valence-electron chi connectivity index (χ0n) is 16.4. The molecule has 175 valence electrons. The summed E-state index contributed by atoms with van der Waals surface area (Å²) in [5.41, 5.74) is -4.15. The fourth-order valence-electron chi connectivity index (χ4n) is 3.29. The molecule has 1 aromatic heterocycles. The quantitative estimate of drug-likeness (QED) is 0.225. The monoisotopic (exact) mass is 509 g/mol. The molecule has 0 saturated heterocycles. The van der Waals surface area contributed by atoms with E-state index in [-0.39, 0.29) is 33.0 Å². The molecule has 0 aliphatic heterocycles. The van der Waals surface area contributed by atoms with Crippen molar-refractivity contribution in [1.29, 1.82) is 0 Å². The predicted molar refractivity (Wildman–Crippen MR) is 94.1 cm³/mol. The minimum absolute atomic E-state index is 0. The van der Waals surface area contributed by atoms with Gasteiger partial charge in [-0.1, -0.05) is 18.2 Å². The third kappa shape index (κ3) is 3.88. The summed E-state index contributed by atoms with van der Waals surface area (Å²) in [6.07, 6.45) is -5.72. The van der Waals surface area contributed by atoms with Gasteiger partial charge >= 0.3 is 6.18 Å². The van der Waals surface area contributed by atoms with Gasteiger partial charge in [0, 0.05) is 22.6 Å². The van der Waals surface area contributed by atoms with Crippen molar-refractivity contribution in [2.24, 2.45) is 0 Å². The molecule has 0 atom stereocenters. The molecule has 0 fully saturated rings. The summed E-state index contributed by atoms with van der Waals surface area (Å²) in [6.45, 7) is 4.36. The van der Waals surface area contributed by atoms with Gasteiger partial charge in [-0.05, 0) is 31.9 Å². The van der Waals surface area contributed by atoms with Crippen molar-refractivity contribution in [2.45, 2.75) is 26.9 Å². The number of hydrogen-bond donors (Lipinski definition) is 1. The Morgan fingerprint density at radius 2 is 1.38 bits per heavy atom. The zero-order chi connectivity index (χ0) is 23.4. The molecule has 12 heteroatoms. The van der Waals surface area contributed by atoms with Gasteiger partial charge < -0.3 is 5.11 Å². The summed E-state index contributed by atoms with van der Waals surface area (Å²) in [5.74, 6) is -12.3. The number of halogens is 7. The third-order valence-corrected chi connectivity index (χ3v) is 4.71. The van der Waals surface area contributed by atoms with E-state index in [4.69, 9.17) is 0 Å². The number of alkyl halides is 3. The van der Waals surface area contributed by atoms with E-state index in [1.807, 2.05) is 0 Å². The van der Waals surface area contributed by atoms with Crippen LogP contribution in [0, 0.1) is 44.0 Å². The third-order valence-electron chi connectivity index (χ3n) is 4.71. The molecule has 1 N–H and O–H groups in total. The molecule has 1 heterocycles. The van der Waals surface area contributed by atoms with E-state index in [1.54, 1.807) is 32.0 Å². The molecule has 0 aliphatic carbocycles. The van der Waals surface area contributed by atoms with Gasteiger partial charge in [0.2, 0.25) is 11.7 Å². The van der Waals surface area contributed by atoms with E-state index in [2.05, 4.69) is 5.10 Å². The van der Waals surface area contributed by atoms with E-state index in [0.29, 0.717) is 11.1 Å². The SMILES string of the molecule is Cc1cccc(C)c1C(=O)c1c(C)nn(-c2c(F)c(F)c(C(F)(F)F)c(F)c2F)c1O.[Cu]. The van der Waals surface area contributed by atoms with Crippen LogP contribution in [0.15, 0.2) is 18.2 Å². The summed E-state index contributed by atoms with van der Waals surface area (Å²) < 4.78 is 95.0. The van der Waals surface area contributed by atoms with Crippen LogP contribution in [0.3, 0.4) is 0 Å². The molecule has 32 heavy (non-hydrogen) atoms. The summed E-state index contributed by atoms with van der Waals surface area (Å²) in [6, 6.07) is 4.85. The molecule has 0 amide bonds. The van der Waals surface area contributed by atoms with Crippen molar-refractivity contribution in [3.63, 3.8) is 0 Å². The van der Waals surface area contributed by atoms with E-state index in [0.717, 1.165) is 0 Å². The van der Waals surface area contributed by atoms with Crippen LogP contribution in [0.1, 0.15) is 38.3 Å². The second-order valence-electron chi connectivity index (χ2n) is 6.77. The van der Waals surface area contributed by atoms with E-state index in [9.17, 15) is 40.6 Å². The van der Waals surface area contributed by atoms with Crippen LogP contribution < -0.4 is 0 Å². The van der Waals surface area contributed by atoms with E-state index >= 15 is 0 Å². The maximum Gasteiger partial charge on any atom is 0.422 e. The number of carbonyl (C=O) groups excluding carboxylic acids is 1. The van der Waals surface area contributed by atoms with Crippen LogP contribution in [0.25, 0.3) is 5.69 Å². The van der Waals surface area contributed by atoms with Crippen molar-refractivity contribution in [1.82, 2.24) is 9.78 Å². The molecule has 3 rings (SSSR count). The maximum absolute atomic E-state index is 14.4. The molecule has 0 aliphatic rings. The average molecular weight is 510 g/mol. The molecule has 1 radical (unpaired) electrons. The van der Waals surface area contributed by atoms with Gasteiger partial charge in [-0.2, -0.15) is 23.0 Å². The fraction of sp³-hybridized carbons (Fsp3) is 0.200. The Morgan fingerprint density at radius 1 is 0.906 bits per heavy atom. The average Bonchev–Trinajstić information content (AvgIpc) is 2.93. The Kier molecular flexibility index (Phi) is 6.82. The summed E-state index contributed by atoms with van der Waals surface area (Å²) in [4.78, 5) is 13.0. The molecule has 3 aromatic rings. The first-order valence-electron chi connectivity index (χ1n) is 8.62. The van der Waals surface area contributed by atoms with E-state index in [1.165, 1.54) is 6.92 Å². The first kappa shape index (κ1) is 25.4. The standard InChI is InChI=1S/C20H13F7N2O2.Cu/c1-7-5-4-6-8(2)10(7)18(30)11-9(3)28-29(19(11)31)17-15(23)13(21)12(20(25,26)27)14(22)16(17)24;/h4-6,31H,1-3H3;. The summed E-state index contributed by atoms with van der Waals surface area (Å²) in [5, 5.41) is 13.9. The molecule has 0 saturated carbocycles. The number of aromatic nitrogens is 2. The number of nitrogens with zero attached hydrogens (tertiary/aromatic N) is 2. The Hall–Kier alpha value is -2.85. The second kappa shape index (κ2) is 8.59. The topological polar surface area (TPSA) is 55.1 Å². The van der Waals surface area contributed by atoms with Crippen LogP contribution in [0.2, 0.25) is 0 Å². The van der Waals surface area contributed by atoms with Crippen LogP contribution in [0.5, 0.6) is 5.88 Å². The molecule has 2 aromatic carbocycles. The number of aromatic hydroxyl groups is 1. The molecule has 4 nitrogen and oxygen atoms in total. The number of ketones is 1. The van der Waals surface area contributed by atoms with Crippen LogP contribution in [-0.4, -0.2) is 20.7 Å². The normalized spacial score (nSPS) is 11.4. The second-order valence-corrected chi connectivity index (χ2v) is 6.77. The minimum atomic E-state index is -5.72. The van der Waals surface area contributed by atoms with Crippen molar-refractivity contribution < 1.29 is 57.7 Å². The van der Waals surface area contributed by atoms with Gasteiger partial charge in [-0.25, -0.2) is 17.6 Å². The first-order valence-corrected chi connectivity index (χ1v) is 8.62. The number of aryl methyl sites for hydroxylation is 3. The van der Waals surface area contributed by atoms with Gasteiger partial charge in [0.05, 0.1) is 5.69 Å². The van der Waals surface area contributed by atoms with Crippen LogP contribution in [0.4, 0.5) is 30.7 Å². The predicted octanol–water partition coefficient (Wildman–Crippen LogP) is 5.31. The Morgan fingerprint density at radius 3 is 1.81 bits per heavy atom. The first-order chi connectivity index (χ1) is 14.3.